The fourth-order valence-electron chi connectivity index (χ4n) is 1.83. The maximum absolute atomic E-state index is 11.4. The van der Waals surface area contributed by atoms with Gasteiger partial charge in [0.15, 0.2) is 6.10 Å². The fraction of sp³-hybridized carbons (Fsp3) is 0.154. The average Bonchev–Trinajstić information content (AvgIpc) is 2.37. The molecule has 1 atom stereocenters. The summed E-state index contributed by atoms with van der Waals surface area (Å²) in [5.41, 5.74) is 0.121. The Morgan fingerprint density at radius 1 is 1.33 bits per heavy atom. The Bertz CT molecular complexity index is 609. The molecular weight excluding hydrogens is 256 g/mol. The van der Waals surface area contributed by atoms with Gasteiger partial charge in [-0.1, -0.05) is 23.7 Å². The molecule has 2 N–H and O–H groups in total. The summed E-state index contributed by atoms with van der Waals surface area (Å²) < 4.78 is 4.47. The highest BCUT2D eigenvalue weighted by atomic mass is 35.5. The van der Waals surface area contributed by atoms with Crippen LogP contribution < -0.4 is 0 Å². The van der Waals surface area contributed by atoms with Crippen LogP contribution in [0.15, 0.2) is 30.3 Å². The van der Waals surface area contributed by atoms with Crippen molar-refractivity contribution in [2.45, 2.75) is 6.10 Å². The Kier molecular flexibility index (Phi) is 3.41. The number of phenols is 1. The first kappa shape index (κ1) is 12.7. The lowest BCUT2D eigenvalue weighted by molar-refractivity contribution is -0.150. The van der Waals surface area contributed by atoms with Crippen molar-refractivity contribution >= 4 is 28.3 Å². The van der Waals surface area contributed by atoms with Gasteiger partial charge >= 0.3 is 5.97 Å². The second-order valence-corrected chi connectivity index (χ2v) is 4.23. The van der Waals surface area contributed by atoms with Crippen LogP contribution in [0.25, 0.3) is 10.8 Å². The van der Waals surface area contributed by atoms with E-state index in [1.54, 1.807) is 24.3 Å². The molecule has 0 aliphatic carbocycles. The molecule has 0 bridgehead atoms. The predicted octanol–water partition coefficient (Wildman–Crippen LogP) is 2.41. The van der Waals surface area contributed by atoms with E-state index in [0.29, 0.717) is 10.4 Å². The number of phenolic OH excluding ortho intramolecular Hbond substituents is 1. The van der Waals surface area contributed by atoms with E-state index in [0.717, 1.165) is 5.39 Å². The van der Waals surface area contributed by atoms with Gasteiger partial charge < -0.3 is 14.9 Å². The summed E-state index contributed by atoms with van der Waals surface area (Å²) in [6.07, 6.45) is -1.53. The molecule has 0 saturated carbocycles. The molecule has 4 nitrogen and oxygen atoms in total. The maximum Gasteiger partial charge on any atom is 0.339 e. The largest absolute Gasteiger partial charge is 0.508 e. The monoisotopic (exact) mass is 266 g/mol. The third kappa shape index (κ3) is 2.12. The molecule has 0 aliphatic heterocycles. The lowest BCUT2D eigenvalue weighted by Crippen LogP contribution is -2.14. The minimum Gasteiger partial charge on any atom is -0.508 e. The van der Waals surface area contributed by atoms with Gasteiger partial charge in [-0.3, -0.25) is 0 Å². The van der Waals surface area contributed by atoms with Gasteiger partial charge in [-0.25, -0.2) is 4.79 Å². The van der Waals surface area contributed by atoms with Crippen LogP contribution in [-0.4, -0.2) is 23.3 Å². The standard InChI is InChI=1S/C13H11ClO4/c1-18-13(17)12(16)11-9-4-3-8(14)6-7(9)2-5-10(11)15/h2-6,12,15-16H,1H3. The van der Waals surface area contributed by atoms with E-state index in [1.807, 2.05) is 0 Å². The molecule has 5 heteroatoms. The second kappa shape index (κ2) is 4.84. The van der Waals surface area contributed by atoms with Gasteiger partial charge in [0.2, 0.25) is 0 Å². The number of aromatic hydroxyl groups is 1. The molecule has 0 aliphatic rings. The van der Waals surface area contributed by atoms with E-state index < -0.39 is 12.1 Å². The number of hydrogen-bond donors (Lipinski definition) is 2. The molecule has 1 unspecified atom stereocenters. The van der Waals surface area contributed by atoms with Crippen molar-refractivity contribution in [3.8, 4) is 5.75 Å². The molecule has 18 heavy (non-hydrogen) atoms. The van der Waals surface area contributed by atoms with Crippen LogP contribution in [0, 0.1) is 0 Å². The summed E-state index contributed by atoms with van der Waals surface area (Å²) in [6.45, 7) is 0. The first-order valence-corrected chi connectivity index (χ1v) is 5.59. The van der Waals surface area contributed by atoms with Gasteiger partial charge in [0.25, 0.3) is 0 Å². The Labute approximate surface area is 108 Å². The highest BCUT2D eigenvalue weighted by Gasteiger charge is 2.23. The summed E-state index contributed by atoms with van der Waals surface area (Å²) >= 11 is 5.86. The number of carbonyl (C=O) groups excluding carboxylic acids is 1. The van der Waals surface area contributed by atoms with Crippen molar-refractivity contribution in [2.24, 2.45) is 0 Å². The lowest BCUT2D eigenvalue weighted by atomic mass is 9.99. The summed E-state index contributed by atoms with van der Waals surface area (Å²) in [5.74, 6) is -0.990. The maximum atomic E-state index is 11.4. The molecule has 2 aromatic rings. The Morgan fingerprint density at radius 2 is 2.06 bits per heavy atom. The Balaban J connectivity index is 2.68. The number of benzene rings is 2. The molecule has 0 spiro atoms. The fourth-order valence-corrected chi connectivity index (χ4v) is 2.01. The zero-order valence-electron chi connectivity index (χ0n) is 9.55. The van der Waals surface area contributed by atoms with Crippen molar-refractivity contribution in [3.05, 3.63) is 40.9 Å². The molecule has 2 aromatic carbocycles. The zero-order chi connectivity index (χ0) is 13.3. The molecular formula is C13H11ClO4. The Morgan fingerprint density at radius 3 is 2.72 bits per heavy atom. The quantitative estimate of drug-likeness (QED) is 0.819. The van der Waals surface area contributed by atoms with E-state index in [2.05, 4.69) is 4.74 Å². The van der Waals surface area contributed by atoms with Gasteiger partial charge in [-0.2, -0.15) is 0 Å². The molecule has 0 heterocycles. The Hall–Kier alpha value is -1.78. The number of halogens is 1. The number of rotatable bonds is 2. The van der Waals surface area contributed by atoms with Crippen molar-refractivity contribution < 1.29 is 19.7 Å². The molecule has 94 valence electrons. The van der Waals surface area contributed by atoms with E-state index in [1.165, 1.54) is 13.2 Å². The smallest absolute Gasteiger partial charge is 0.339 e. The number of aliphatic hydroxyl groups excluding tert-OH is 1. The van der Waals surface area contributed by atoms with Crippen LogP contribution in [-0.2, 0) is 9.53 Å². The first-order valence-electron chi connectivity index (χ1n) is 5.21. The summed E-state index contributed by atoms with van der Waals surface area (Å²) in [5, 5.41) is 21.5. The molecule has 0 fully saturated rings. The van der Waals surface area contributed by atoms with E-state index in [9.17, 15) is 15.0 Å². The molecule has 2 rings (SSSR count). The van der Waals surface area contributed by atoms with Crippen LogP contribution in [0.1, 0.15) is 11.7 Å². The number of methoxy groups -OCH3 is 1. The summed E-state index contributed by atoms with van der Waals surface area (Å²) in [4.78, 5) is 11.4. The van der Waals surface area contributed by atoms with Gasteiger partial charge in [0.1, 0.15) is 5.75 Å². The van der Waals surface area contributed by atoms with Crippen molar-refractivity contribution in [2.75, 3.05) is 7.11 Å². The van der Waals surface area contributed by atoms with Crippen LogP contribution in [0.5, 0.6) is 5.75 Å². The SMILES string of the molecule is COC(=O)C(O)c1c(O)ccc2cc(Cl)ccc12. The average molecular weight is 267 g/mol. The van der Waals surface area contributed by atoms with Crippen LogP contribution in [0.4, 0.5) is 0 Å². The lowest BCUT2D eigenvalue weighted by Gasteiger charge is -2.13. The molecule has 0 aromatic heterocycles. The number of hydrogen-bond acceptors (Lipinski definition) is 4. The normalized spacial score (nSPS) is 12.4. The van der Waals surface area contributed by atoms with E-state index in [-0.39, 0.29) is 11.3 Å². The third-order valence-electron chi connectivity index (χ3n) is 2.70. The van der Waals surface area contributed by atoms with Gasteiger partial charge in [-0.15, -0.1) is 0 Å². The minimum atomic E-state index is -1.53. The minimum absolute atomic E-state index is 0.121. The van der Waals surface area contributed by atoms with Crippen LogP contribution in [0.3, 0.4) is 0 Å². The van der Waals surface area contributed by atoms with Crippen molar-refractivity contribution in [3.63, 3.8) is 0 Å². The molecule has 0 amide bonds. The number of esters is 1. The first-order chi connectivity index (χ1) is 8.54. The number of fused-ring (bicyclic) bond motifs is 1. The van der Waals surface area contributed by atoms with E-state index >= 15 is 0 Å². The zero-order valence-corrected chi connectivity index (χ0v) is 10.3. The molecule has 0 saturated heterocycles. The third-order valence-corrected chi connectivity index (χ3v) is 2.93. The number of aliphatic hydroxyl groups is 1. The highest BCUT2D eigenvalue weighted by Crippen LogP contribution is 2.34. The predicted molar refractivity (Wildman–Crippen MR) is 67.6 cm³/mol. The van der Waals surface area contributed by atoms with Crippen molar-refractivity contribution in [1.29, 1.82) is 0 Å². The number of carbonyl (C=O) groups is 1. The topological polar surface area (TPSA) is 66.8 Å². The van der Waals surface area contributed by atoms with Crippen LogP contribution >= 0.6 is 11.6 Å². The van der Waals surface area contributed by atoms with E-state index in [4.69, 9.17) is 11.6 Å². The molecule has 0 radical (unpaired) electrons. The summed E-state index contributed by atoms with van der Waals surface area (Å²) in [6, 6.07) is 8.00. The van der Waals surface area contributed by atoms with Crippen LogP contribution in [0.2, 0.25) is 5.02 Å². The highest BCUT2D eigenvalue weighted by molar-refractivity contribution is 6.31. The van der Waals surface area contributed by atoms with Gasteiger partial charge in [0, 0.05) is 10.6 Å². The van der Waals surface area contributed by atoms with Crippen molar-refractivity contribution in [1.82, 2.24) is 0 Å². The number of ether oxygens (including phenoxy) is 1. The second-order valence-electron chi connectivity index (χ2n) is 3.79. The summed E-state index contributed by atoms with van der Waals surface area (Å²) in [7, 11) is 1.17. The van der Waals surface area contributed by atoms with Gasteiger partial charge in [-0.05, 0) is 29.0 Å². The van der Waals surface area contributed by atoms with Gasteiger partial charge in [0.05, 0.1) is 7.11 Å².